The van der Waals surface area contributed by atoms with Gasteiger partial charge in [-0.15, -0.1) is 0 Å². The first-order valence-electron chi connectivity index (χ1n) is 7.13. The average Bonchev–Trinajstić information content (AvgIpc) is 2.58. The largest absolute Gasteiger partial charge is 0.506 e. The van der Waals surface area contributed by atoms with E-state index in [0.717, 1.165) is 22.2 Å². The number of hydrogen-bond donors (Lipinski definition) is 1. The zero-order valence-corrected chi connectivity index (χ0v) is 13.8. The minimum atomic E-state index is -0.531. The Labute approximate surface area is 141 Å². The topological polar surface area (TPSA) is 85.4 Å². The van der Waals surface area contributed by atoms with Crippen molar-refractivity contribution in [3.63, 3.8) is 0 Å². The lowest BCUT2D eigenvalue weighted by Gasteiger charge is -2.11. The third-order valence-corrected chi connectivity index (χ3v) is 4.84. The fourth-order valence-electron chi connectivity index (χ4n) is 2.42. The molecule has 3 aromatic rings. The second-order valence-corrected chi connectivity index (χ2v) is 6.50. The van der Waals surface area contributed by atoms with Gasteiger partial charge in [-0.25, -0.2) is 0 Å². The molecule has 0 bridgehead atoms. The predicted octanol–water partition coefficient (Wildman–Crippen LogP) is 3.61. The Morgan fingerprint density at radius 2 is 1.83 bits per heavy atom. The smallest absolute Gasteiger partial charge is 0.270 e. The first kappa shape index (κ1) is 16.1. The summed E-state index contributed by atoms with van der Waals surface area (Å²) < 4.78 is 1.38. The van der Waals surface area contributed by atoms with Crippen molar-refractivity contribution in [2.75, 3.05) is 0 Å². The van der Waals surface area contributed by atoms with E-state index in [-0.39, 0.29) is 27.3 Å². The molecule has 6 nitrogen and oxygen atoms in total. The lowest BCUT2D eigenvalue weighted by atomic mass is 10.2. The van der Waals surface area contributed by atoms with Gasteiger partial charge < -0.3 is 9.67 Å². The Balaban J connectivity index is 2.21. The minimum absolute atomic E-state index is 0.136. The third-order valence-electron chi connectivity index (χ3n) is 3.76. The van der Waals surface area contributed by atoms with Crippen LogP contribution in [0.2, 0.25) is 0 Å². The Kier molecular flexibility index (Phi) is 4.02. The van der Waals surface area contributed by atoms with Crippen molar-refractivity contribution >= 4 is 28.4 Å². The molecule has 24 heavy (non-hydrogen) atoms. The molecule has 0 atom stereocenters. The SMILES string of the molecule is Cc1ccc(Sc2c(O)c3cc([N+](=O)[O-])ccc3n(C)c2=O)cc1. The number of aryl methyl sites for hydroxylation is 2. The normalized spacial score (nSPS) is 10.9. The summed E-state index contributed by atoms with van der Waals surface area (Å²) in [6, 6.07) is 11.6. The van der Waals surface area contributed by atoms with Crippen LogP contribution in [0, 0.1) is 17.0 Å². The first-order chi connectivity index (χ1) is 11.4. The van der Waals surface area contributed by atoms with Crippen LogP contribution in [0.1, 0.15) is 5.56 Å². The zero-order valence-electron chi connectivity index (χ0n) is 13.0. The quantitative estimate of drug-likeness (QED) is 0.580. The van der Waals surface area contributed by atoms with E-state index in [2.05, 4.69) is 0 Å². The molecule has 2 aromatic carbocycles. The standard InChI is InChI=1S/C17H14N2O4S/c1-10-3-6-12(7-4-10)24-16-15(20)13-9-11(19(22)23)5-8-14(13)18(2)17(16)21/h3-9,20H,1-2H3. The molecule has 122 valence electrons. The number of fused-ring (bicyclic) bond motifs is 1. The van der Waals surface area contributed by atoms with Gasteiger partial charge in [-0.1, -0.05) is 29.5 Å². The molecule has 0 saturated heterocycles. The number of nitrogens with zero attached hydrogens (tertiary/aromatic N) is 2. The first-order valence-corrected chi connectivity index (χ1v) is 7.95. The molecule has 1 N–H and O–H groups in total. The maximum Gasteiger partial charge on any atom is 0.270 e. The summed E-state index contributed by atoms with van der Waals surface area (Å²) in [5, 5.41) is 21.8. The van der Waals surface area contributed by atoms with E-state index in [1.165, 1.54) is 22.8 Å². The molecule has 0 fully saturated rings. The Bertz CT molecular complexity index is 1010. The van der Waals surface area contributed by atoms with E-state index in [9.17, 15) is 20.0 Å². The van der Waals surface area contributed by atoms with Gasteiger partial charge in [0, 0.05) is 29.5 Å². The highest BCUT2D eigenvalue weighted by Gasteiger charge is 2.18. The molecule has 0 spiro atoms. The summed E-state index contributed by atoms with van der Waals surface area (Å²) >= 11 is 1.14. The van der Waals surface area contributed by atoms with Crippen molar-refractivity contribution in [3.8, 4) is 5.75 Å². The average molecular weight is 342 g/mol. The van der Waals surface area contributed by atoms with Crippen LogP contribution in [0.15, 0.2) is 57.1 Å². The molecular formula is C17H14N2O4S. The Morgan fingerprint density at radius 1 is 1.17 bits per heavy atom. The number of benzene rings is 2. The Hall–Kier alpha value is -2.80. The van der Waals surface area contributed by atoms with Gasteiger partial charge in [0.15, 0.2) is 0 Å². The van der Waals surface area contributed by atoms with Crippen molar-refractivity contribution in [1.82, 2.24) is 4.57 Å². The molecule has 0 saturated carbocycles. The van der Waals surface area contributed by atoms with Crippen LogP contribution in [0.5, 0.6) is 5.75 Å². The highest BCUT2D eigenvalue weighted by Crippen LogP contribution is 2.37. The van der Waals surface area contributed by atoms with E-state index < -0.39 is 4.92 Å². The van der Waals surface area contributed by atoms with Crippen LogP contribution in [0.4, 0.5) is 5.69 Å². The van der Waals surface area contributed by atoms with Crippen LogP contribution in [-0.2, 0) is 7.05 Å². The van der Waals surface area contributed by atoms with Gasteiger partial charge >= 0.3 is 0 Å². The number of aromatic nitrogens is 1. The number of rotatable bonds is 3. The summed E-state index contributed by atoms with van der Waals surface area (Å²) in [5.41, 5.74) is 1.05. The molecule has 3 rings (SSSR count). The summed E-state index contributed by atoms with van der Waals surface area (Å²) in [6.07, 6.45) is 0. The fourth-order valence-corrected chi connectivity index (χ4v) is 3.36. The summed E-state index contributed by atoms with van der Waals surface area (Å²) in [4.78, 5) is 23.9. The number of nitro groups is 1. The summed E-state index contributed by atoms with van der Waals surface area (Å²) in [5.74, 6) is -0.234. The molecule has 0 radical (unpaired) electrons. The van der Waals surface area contributed by atoms with E-state index >= 15 is 0 Å². The molecule has 0 unspecified atom stereocenters. The number of hydrogen-bond acceptors (Lipinski definition) is 5. The Morgan fingerprint density at radius 3 is 2.46 bits per heavy atom. The maximum absolute atomic E-state index is 12.5. The summed E-state index contributed by atoms with van der Waals surface area (Å²) in [7, 11) is 1.58. The molecule has 7 heteroatoms. The van der Waals surface area contributed by atoms with E-state index in [4.69, 9.17) is 0 Å². The van der Waals surface area contributed by atoms with Gasteiger partial charge in [-0.05, 0) is 25.1 Å². The van der Waals surface area contributed by atoms with Crippen LogP contribution >= 0.6 is 11.8 Å². The maximum atomic E-state index is 12.5. The molecule has 1 aromatic heterocycles. The van der Waals surface area contributed by atoms with Gasteiger partial charge in [-0.2, -0.15) is 0 Å². The number of pyridine rings is 1. The molecule has 0 amide bonds. The van der Waals surface area contributed by atoms with E-state index in [1.807, 2.05) is 31.2 Å². The van der Waals surface area contributed by atoms with Crippen LogP contribution in [0.3, 0.4) is 0 Å². The van der Waals surface area contributed by atoms with Crippen molar-refractivity contribution in [2.24, 2.45) is 7.05 Å². The monoisotopic (exact) mass is 342 g/mol. The van der Waals surface area contributed by atoms with Gasteiger partial charge in [0.2, 0.25) is 0 Å². The minimum Gasteiger partial charge on any atom is -0.506 e. The van der Waals surface area contributed by atoms with Crippen molar-refractivity contribution < 1.29 is 10.0 Å². The van der Waals surface area contributed by atoms with Gasteiger partial charge in [0.25, 0.3) is 11.2 Å². The van der Waals surface area contributed by atoms with Crippen LogP contribution in [-0.4, -0.2) is 14.6 Å². The van der Waals surface area contributed by atoms with Crippen LogP contribution < -0.4 is 5.56 Å². The number of non-ortho nitro benzene ring substituents is 1. The highest BCUT2D eigenvalue weighted by atomic mass is 32.2. The molecule has 1 heterocycles. The molecule has 0 aliphatic carbocycles. The number of nitro benzene ring substituents is 1. The molecule has 0 aliphatic rings. The van der Waals surface area contributed by atoms with Crippen molar-refractivity contribution in [3.05, 3.63) is 68.5 Å². The lowest BCUT2D eigenvalue weighted by Crippen LogP contribution is -2.18. The van der Waals surface area contributed by atoms with E-state index in [1.54, 1.807) is 7.05 Å². The van der Waals surface area contributed by atoms with Gasteiger partial charge in [-0.3, -0.25) is 14.9 Å². The third kappa shape index (κ3) is 2.74. The van der Waals surface area contributed by atoms with Crippen molar-refractivity contribution in [2.45, 2.75) is 16.7 Å². The number of aromatic hydroxyl groups is 1. The highest BCUT2D eigenvalue weighted by molar-refractivity contribution is 7.99. The van der Waals surface area contributed by atoms with Gasteiger partial charge in [0.05, 0.1) is 10.4 Å². The fraction of sp³-hybridized carbons (Fsp3) is 0.118. The second-order valence-electron chi connectivity index (χ2n) is 5.42. The van der Waals surface area contributed by atoms with Crippen molar-refractivity contribution in [1.29, 1.82) is 0 Å². The van der Waals surface area contributed by atoms with Crippen LogP contribution in [0.25, 0.3) is 10.9 Å². The summed E-state index contributed by atoms with van der Waals surface area (Å²) in [6.45, 7) is 1.96. The van der Waals surface area contributed by atoms with Gasteiger partial charge in [0.1, 0.15) is 10.6 Å². The lowest BCUT2D eigenvalue weighted by molar-refractivity contribution is -0.384. The van der Waals surface area contributed by atoms with E-state index in [0.29, 0.717) is 5.52 Å². The molecule has 0 aliphatic heterocycles. The molecular weight excluding hydrogens is 328 g/mol. The zero-order chi connectivity index (χ0) is 17.4. The second kappa shape index (κ2) is 6.01. The predicted molar refractivity (Wildman–Crippen MR) is 92.8 cm³/mol.